The summed E-state index contributed by atoms with van der Waals surface area (Å²) < 4.78 is 5.48. The molecule has 1 saturated heterocycles. The highest BCUT2D eigenvalue weighted by atomic mass is 16.5. The third-order valence-corrected chi connectivity index (χ3v) is 2.96. The second kappa shape index (κ2) is 5.10. The van der Waals surface area contributed by atoms with Crippen LogP contribution in [0.5, 0.6) is 0 Å². The van der Waals surface area contributed by atoms with Crippen molar-refractivity contribution >= 4 is 0 Å². The fourth-order valence-electron chi connectivity index (χ4n) is 2.19. The van der Waals surface area contributed by atoms with Crippen LogP contribution in [0.2, 0.25) is 0 Å². The predicted octanol–water partition coefficient (Wildman–Crippen LogP) is 1.10. The van der Waals surface area contributed by atoms with Crippen molar-refractivity contribution < 1.29 is 4.74 Å². The molecule has 0 radical (unpaired) electrons. The van der Waals surface area contributed by atoms with Gasteiger partial charge in [0.1, 0.15) is 0 Å². The summed E-state index contributed by atoms with van der Waals surface area (Å²) in [6, 6.07) is 0.520. The fraction of sp³-hybridized carbons (Fsp3) is 1.00. The molecule has 1 heterocycles. The normalized spacial score (nSPS) is 24.9. The summed E-state index contributed by atoms with van der Waals surface area (Å²) in [5.74, 6) is 0. The fourth-order valence-corrected chi connectivity index (χ4v) is 2.19. The second-order valence-electron chi connectivity index (χ2n) is 4.69. The smallest absolute Gasteiger partial charge is 0.0619 e. The van der Waals surface area contributed by atoms with Crippen molar-refractivity contribution in [3.63, 3.8) is 0 Å². The molecule has 1 unspecified atom stereocenters. The van der Waals surface area contributed by atoms with Gasteiger partial charge in [0.25, 0.3) is 0 Å². The zero-order valence-electron chi connectivity index (χ0n) is 9.97. The van der Waals surface area contributed by atoms with Gasteiger partial charge >= 0.3 is 0 Å². The standard InChI is InChI=1S/C11H24N2O/c1-5-14-8-10(2)13-7-6-12-9-11(13,3)4/h10,12H,5-9H2,1-4H3. The first-order valence-electron chi connectivity index (χ1n) is 5.63. The Bertz CT molecular complexity index is 171. The third-order valence-electron chi connectivity index (χ3n) is 2.96. The summed E-state index contributed by atoms with van der Waals surface area (Å²) in [5, 5.41) is 3.43. The summed E-state index contributed by atoms with van der Waals surface area (Å²) in [5.41, 5.74) is 0.259. The molecule has 0 aromatic rings. The molecule has 1 fully saturated rings. The minimum Gasteiger partial charge on any atom is -0.380 e. The maximum absolute atomic E-state index is 5.48. The van der Waals surface area contributed by atoms with Crippen molar-refractivity contribution in [3.8, 4) is 0 Å². The van der Waals surface area contributed by atoms with Crippen LogP contribution in [0.4, 0.5) is 0 Å². The summed E-state index contributed by atoms with van der Waals surface area (Å²) in [7, 11) is 0. The van der Waals surface area contributed by atoms with Crippen LogP contribution in [0, 0.1) is 0 Å². The summed E-state index contributed by atoms with van der Waals surface area (Å²) >= 11 is 0. The van der Waals surface area contributed by atoms with Crippen LogP contribution in [0.3, 0.4) is 0 Å². The Morgan fingerprint density at radius 3 is 2.79 bits per heavy atom. The van der Waals surface area contributed by atoms with Gasteiger partial charge in [-0.1, -0.05) is 0 Å². The molecule has 0 aliphatic carbocycles. The van der Waals surface area contributed by atoms with Gasteiger partial charge in [-0.2, -0.15) is 0 Å². The van der Waals surface area contributed by atoms with Crippen molar-refractivity contribution in [3.05, 3.63) is 0 Å². The third kappa shape index (κ3) is 2.94. The van der Waals surface area contributed by atoms with Gasteiger partial charge in [0.05, 0.1) is 6.61 Å². The van der Waals surface area contributed by atoms with Crippen molar-refractivity contribution in [2.45, 2.75) is 39.3 Å². The number of nitrogens with zero attached hydrogens (tertiary/aromatic N) is 1. The first-order valence-corrected chi connectivity index (χ1v) is 5.63. The van der Waals surface area contributed by atoms with Crippen LogP contribution in [-0.2, 0) is 4.74 Å². The van der Waals surface area contributed by atoms with E-state index in [0.717, 1.165) is 32.8 Å². The Kier molecular flexibility index (Phi) is 4.35. The Morgan fingerprint density at radius 2 is 2.21 bits per heavy atom. The average molecular weight is 200 g/mol. The molecule has 0 spiro atoms. The molecule has 1 atom stereocenters. The molecule has 1 N–H and O–H groups in total. The molecule has 0 aromatic heterocycles. The molecule has 3 nitrogen and oxygen atoms in total. The van der Waals surface area contributed by atoms with Crippen LogP contribution < -0.4 is 5.32 Å². The lowest BCUT2D eigenvalue weighted by Gasteiger charge is -2.46. The largest absolute Gasteiger partial charge is 0.380 e. The van der Waals surface area contributed by atoms with Crippen molar-refractivity contribution in [1.29, 1.82) is 0 Å². The van der Waals surface area contributed by atoms with E-state index >= 15 is 0 Å². The molecule has 1 aliphatic rings. The molecule has 84 valence electrons. The Labute approximate surface area is 87.8 Å². The Morgan fingerprint density at radius 1 is 1.50 bits per heavy atom. The van der Waals surface area contributed by atoms with Crippen LogP contribution in [0.25, 0.3) is 0 Å². The number of nitrogens with one attached hydrogen (secondary N) is 1. The lowest BCUT2D eigenvalue weighted by atomic mass is 9.98. The van der Waals surface area contributed by atoms with Crippen LogP contribution in [0.1, 0.15) is 27.7 Å². The Hall–Kier alpha value is -0.120. The molecule has 0 aromatic carbocycles. The van der Waals surface area contributed by atoms with Crippen molar-refractivity contribution in [2.75, 3.05) is 32.8 Å². The van der Waals surface area contributed by atoms with E-state index < -0.39 is 0 Å². The predicted molar refractivity (Wildman–Crippen MR) is 59.6 cm³/mol. The second-order valence-corrected chi connectivity index (χ2v) is 4.69. The minimum absolute atomic E-state index is 0.259. The van der Waals surface area contributed by atoms with Crippen LogP contribution in [-0.4, -0.2) is 49.3 Å². The minimum atomic E-state index is 0.259. The van der Waals surface area contributed by atoms with E-state index in [4.69, 9.17) is 4.74 Å². The van der Waals surface area contributed by atoms with E-state index in [-0.39, 0.29) is 5.54 Å². The number of ether oxygens (including phenoxy) is 1. The number of piperazine rings is 1. The van der Waals surface area contributed by atoms with Gasteiger partial charge in [-0.25, -0.2) is 0 Å². The molecular formula is C11H24N2O. The highest BCUT2D eigenvalue weighted by Gasteiger charge is 2.32. The van der Waals surface area contributed by atoms with Crippen molar-refractivity contribution in [1.82, 2.24) is 10.2 Å². The topological polar surface area (TPSA) is 24.5 Å². The molecule has 3 heteroatoms. The zero-order chi connectivity index (χ0) is 10.6. The van der Waals surface area contributed by atoms with Crippen LogP contribution in [0.15, 0.2) is 0 Å². The van der Waals surface area contributed by atoms with E-state index in [9.17, 15) is 0 Å². The van der Waals surface area contributed by atoms with Gasteiger partial charge in [-0.05, 0) is 27.7 Å². The maximum atomic E-state index is 5.48. The molecule has 14 heavy (non-hydrogen) atoms. The van der Waals surface area contributed by atoms with E-state index in [2.05, 4.69) is 37.9 Å². The Balaban J connectivity index is 2.46. The molecule has 0 saturated carbocycles. The van der Waals surface area contributed by atoms with Crippen molar-refractivity contribution in [2.24, 2.45) is 0 Å². The van der Waals surface area contributed by atoms with Crippen LogP contribution >= 0.6 is 0 Å². The summed E-state index contributed by atoms with van der Waals surface area (Å²) in [6.07, 6.45) is 0. The van der Waals surface area contributed by atoms with Gasteiger partial charge in [0, 0.05) is 37.8 Å². The highest BCUT2D eigenvalue weighted by molar-refractivity contribution is 4.90. The maximum Gasteiger partial charge on any atom is 0.0619 e. The molecule has 1 aliphatic heterocycles. The quantitative estimate of drug-likeness (QED) is 0.735. The average Bonchev–Trinajstić information content (AvgIpc) is 2.13. The van der Waals surface area contributed by atoms with Gasteiger partial charge in [-0.3, -0.25) is 4.90 Å². The van der Waals surface area contributed by atoms with Gasteiger partial charge in [0.15, 0.2) is 0 Å². The number of rotatable bonds is 4. The summed E-state index contributed by atoms with van der Waals surface area (Å²) in [6.45, 7) is 13.9. The van der Waals surface area contributed by atoms with E-state index in [1.54, 1.807) is 0 Å². The van der Waals surface area contributed by atoms with Gasteiger partial charge in [0.2, 0.25) is 0 Å². The molecular weight excluding hydrogens is 176 g/mol. The van der Waals surface area contributed by atoms with E-state index in [1.807, 2.05) is 0 Å². The summed E-state index contributed by atoms with van der Waals surface area (Å²) in [4.78, 5) is 2.54. The number of hydrogen-bond donors (Lipinski definition) is 1. The lowest BCUT2D eigenvalue weighted by molar-refractivity contribution is 0.00499. The highest BCUT2D eigenvalue weighted by Crippen LogP contribution is 2.19. The molecule has 1 rings (SSSR count). The van der Waals surface area contributed by atoms with E-state index in [1.165, 1.54) is 0 Å². The first kappa shape index (κ1) is 12.0. The van der Waals surface area contributed by atoms with E-state index in [0.29, 0.717) is 6.04 Å². The zero-order valence-corrected chi connectivity index (χ0v) is 9.97. The lowest BCUT2D eigenvalue weighted by Crippen LogP contribution is -2.61. The molecule has 0 amide bonds. The SMILES string of the molecule is CCOCC(C)N1CCNCC1(C)C. The number of hydrogen-bond acceptors (Lipinski definition) is 3. The monoisotopic (exact) mass is 200 g/mol. The van der Waals surface area contributed by atoms with Gasteiger partial charge < -0.3 is 10.1 Å². The molecule has 0 bridgehead atoms. The first-order chi connectivity index (χ1) is 6.58. The van der Waals surface area contributed by atoms with Gasteiger partial charge in [-0.15, -0.1) is 0 Å².